The molecule has 20 heavy (non-hydrogen) atoms. The Hall–Kier alpha value is -2.70. The van der Waals surface area contributed by atoms with Gasteiger partial charge in [-0.3, -0.25) is 14.6 Å². The van der Waals surface area contributed by atoms with Crippen molar-refractivity contribution < 1.29 is 4.79 Å². The summed E-state index contributed by atoms with van der Waals surface area (Å²) in [5, 5.41) is 14.7. The molecular weight excluding hydrogens is 256 g/mol. The number of H-pyrrole nitrogens is 1. The zero-order valence-corrected chi connectivity index (χ0v) is 11.0. The van der Waals surface area contributed by atoms with Gasteiger partial charge < -0.3 is 5.32 Å². The lowest BCUT2D eigenvalue weighted by atomic mass is 10.2. The summed E-state index contributed by atoms with van der Waals surface area (Å²) in [7, 11) is 1.81. The van der Waals surface area contributed by atoms with Gasteiger partial charge in [0.15, 0.2) is 11.5 Å². The third kappa shape index (κ3) is 2.37. The Bertz CT molecular complexity index is 744. The Labute approximate surface area is 115 Å². The van der Waals surface area contributed by atoms with E-state index in [0.717, 1.165) is 10.9 Å². The number of nitrogens with zero attached hydrogens (tertiary/aromatic N) is 4. The Morgan fingerprint density at radius 2 is 2.25 bits per heavy atom. The van der Waals surface area contributed by atoms with Crippen LogP contribution in [0.25, 0.3) is 10.9 Å². The van der Waals surface area contributed by atoms with Crippen LogP contribution in [0.3, 0.4) is 0 Å². The molecule has 0 saturated heterocycles. The fourth-order valence-electron chi connectivity index (χ4n) is 2.01. The number of rotatable bonds is 4. The van der Waals surface area contributed by atoms with Gasteiger partial charge in [-0.2, -0.15) is 10.2 Å². The summed E-state index contributed by atoms with van der Waals surface area (Å²) in [6, 6.07) is 7.53. The first-order valence-corrected chi connectivity index (χ1v) is 6.30. The van der Waals surface area contributed by atoms with Gasteiger partial charge in [-0.05, 0) is 6.07 Å². The van der Waals surface area contributed by atoms with Gasteiger partial charge in [0.1, 0.15) is 6.33 Å². The molecule has 0 saturated carbocycles. The minimum Gasteiger partial charge on any atom is -0.350 e. The number of aromatic amines is 1. The molecule has 0 aliphatic rings. The topological polar surface area (TPSA) is 88.5 Å². The van der Waals surface area contributed by atoms with Crippen LogP contribution >= 0.6 is 0 Å². The molecule has 3 rings (SSSR count). The number of hydrogen-bond donors (Lipinski definition) is 2. The zero-order chi connectivity index (χ0) is 13.9. The van der Waals surface area contributed by atoms with Crippen molar-refractivity contribution in [3.63, 3.8) is 0 Å². The van der Waals surface area contributed by atoms with Gasteiger partial charge in [-0.15, -0.1) is 0 Å². The third-order valence-electron chi connectivity index (χ3n) is 2.97. The van der Waals surface area contributed by atoms with E-state index in [1.165, 1.54) is 0 Å². The van der Waals surface area contributed by atoms with E-state index < -0.39 is 0 Å². The maximum atomic E-state index is 12.1. The lowest BCUT2D eigenvalue weighted by molar-refractivity contribution is 0.0950. The Balaban J connectivity index is 1.64. The van der Waals surface area contributed by atoms with Crippen molar-refractivity contribution in [2.24, 2.45) is 7.05 Å². The van der Waals surface area contributed by atoms with Gasteiger partial charge in [-0.25, -0.2) is 4.98 Å². The summed E-state index contributed by atoms with van der Waals surface area (Å²) in [5.74, 6) is 0.512. The molecule has 0 spiro atoms. The zero-order valence-electron chi connectivity index (χ0n) is 11.0. The fourth-order valence-corrected chi connectivity index (χ4v) is 2.01. The lowest BCUT2D eigenvalue weighted by Gasteiger charge is -2.01. The van der Waals surface area contributed by atoms with Gasteiger partial charge in [0.25, 0.3) is 5.91 Å². The van der Waals surface area contributed by atoms with E-state index in [4.69, 9.17) is 0 Å². The summed E-state index contributed by atoms with van der Waals surface area (Å²) in [6.45, 7) is 0.476. The van der Waals surface area contributed by atoms with Crippen LogP contribution in [0.4, 0.5) is 0 Å². The highest BCUT2D eigenvalue weighted by Gasteiger charge is 2.13. The quantitative estimate of drug-likeness (QED) is 0.729. The number of carbonyl (C=O) groups excluding carboxylic acids is 1. The first kappa shape index (κ1) is 12.3. The van der Waals surface area contributed by atoms with Crippen molar-refractivity contribution in [2.75, 3.05) is 6.54 Å². The molecular formula is C13H14N6O. The van der Waals surface area contributed by atoms with Gasteiger partial charge in [-0.1, -0.05) is 18.2 Å². The van der Waals surface area contributed by atoms with Crippen LogP contribution in [0.2, 0.25) is 0 Å². The van der Waals surface area contributed by atoms with E-state index in [2.05, 4.69) is 25.6 Å². The number of benzene rings is 1. The summed E-state index contributed by atoms with van der Waals surface area (Å²) < 4.78 is 1.64. The van der Waals surface area contributed by atoms with E-state index in [9.17, 15) is 4.79 Å². The van der Waals surface area contributed by atoms with Crippen LogP contribution in [-0.4, -0.2) is 37.4 Å². The normalized spacial score (nSPS) is 10.8. The van der Waals surface area contributed by atoms with Gasteiger partial charge in [0.05, 0.1) is 5.52 Å². The van der Waals surface area contributed by atoms with Crippen molar-refractivity contribution in [1.82, 2.24) is 30.3 Å². The minimum absolute atomic E-state index is 0.196. The second-order valence-electron chi connectivity index (χ2n) is 4.46. The molecule has 7 heteroatoms. The van der Waals surface area contributed by atoms with Crippen LogP contribution in [-0.2, 0) is 13.5 Å². The van der Waals surface area contributed by atoms with E-state index in [1.807, 2.05) is 31.3 Å². The number of aromatic nitrogens is 5. The van der Waals surface area contributed by atoms with Crippen LogP contribution < -0.4 is 5.32 Å². The standard InChI is InChI=1S/C13H14N6O/c1-19-8-15-11(18-19)6-7-14-13(20)12-9-4-2-3-5-10(9)16-17-12/h2-5,8H,6-7H2,1H3,(H,14,20)(H,16,17). The second kappa shape index (κ2) is 5.12. The predicted octanol–water partition coefficient (Wildman–Crippen LogP) is 0.664. The highest BCUT2D eigenvalue weighted by Crippen LogP contribution is 2.14. The molecule has 0 unspecified atom stereocenters. The highest BCUT2D eigenvalue weighted by molar-refractivity contribution is 6.04. The van der Waals surface area contributed by atoms with Gasteiger partial charge in [0, 0.05) is 25.4 Å². The van der Waals surface area contributed by atoms with Crippen LogP contribution in [0.5, 0.6) is 0 Å². The molecule has 0 bridgehead atoms. The monoisotopic (exact) mass is 270 g/mol. The van der Waals surface area contributed by atoms with E-state index in [0.29, 0.717) is 24.5 Å². The molecule has 2 aromatic heterocycles. The molecule has 0 radical (unpaired) electrons. The van der Waals surface area contributed by atoms with Gasteiger partial charge >= 0.3 is 0 Å². The van der Waals surface area contributed by atoms with E-state index in [1.54, 1.807) is 11.0 Å². The Morgan fingerprint density at radius 1 is 1.40 bits per heavy atom. The molecule has 0 aliphatic heterocycles. The molecule has 7 nitrogen and oxygen atoms in total. The number of para-hydroxylation sites is 1. The number of hydrogen-bond acceptors (Lipinski definition) is 4. The lowest BCUT2D eigenvalue weighted by Crippen LogP contribution is -2.26. The Kier molecular flexibility index (Phi) is 3.16. The number of nitrogens with one attached hydrogen (secondary N) is 2. The maximum absolute atomic E-state index is 12.1. The number of amides is 1. The summed E-state index contributed by atoms with van der Waals surface area (Å²) in [4.78, 5) is 16.2. The smallest absolute Gasteiger partial charge is 0.272 e. The Morgan fingerprint density at radius 3 is 3.05 bits per heavy atom. The number of carbonyl (C=O) groups is 1. The highest BCUT2D eigenvalue weighted by atomic mass is 16.1. The molecule has 1 aromatic carbocycles. The molecule has 102 valence electrons. The molecule has 1 amide bonds. The average molecular weight is 270 g/mol. The summed E-state index contributed by atoms with van der Waals surface area (Å²) >= 11 is 0. The molecule has 3 aromatic rings. The third-order valence-corrected chi connectivity index (χ3v) is 2.97. The van der Waals surface area contributed by atoms with Crippen molar-refractivity contribution >= 4 is 16.8 Å². The van der Waals surface area contributed by atoms with Crippen molar-refractivity contribution in [1.29, 1.82) is 0 Å². The largest absolute Gasteiger partial charge is 0.350 e. The first-order chi connectivity index (χ1) is 9.74. The van der Waals surface area contributed by atoms with Crippen molar-refractivity contribution in [3.05, 3.63) is 42.1 Å². The molecule has 0 atom stereocenters. The SMILES string of the molecule is Cn1cnc(CCNC(=O)c2n[nH]c3ccccc23)n1. The molecule has 2 heterocycles. The van der Waals surface area contributed by atoms with Crippen LogP contribution in [0.1, 0.15) is 16.3 Å². The van der Waals surface area contributed by atoms with Gasteiger partial charge in [0.2, 0.25) is 0 Å². The number of aryl methyl sites for hydroxylation is 1. The fraction of sp³-hybridized carbons (Fsp3) is 0.231. The molecule has 0 aliphatic carbocycles. The van der Waals surface area contributed by atoms with Crippen molar-refractivity contribution in [3.8, 4) is 0 Å². The van der Waals surface area contributed by atoms with Crippen molar-refractivity contribution in [2.45, 2.75) is 6.42 Å². The predicted molar refractivity (Wildman–Crippen MR) is 73.1 cm³/mol. The van der Waals surface area contributed by atoms with E-state index in [-0.39, 0.29) is 5.91 Å². The number of fused-ring (bicyclic) bond motifs is 1. The minimum atomic E-state index is -0.196. The van der Waals surface area contributed by atoms with Crippen LogP contribution in [0, 0.1) is 0 Å². The second-order valence-corrected chi connectivity index (χ2v) is 4.46. The average Bonchev–Trinajstić information content (AvgIpc) is 3.05. The van der Waals surface area contributed by atoms with E-state index >= 15 is 0 Å². The summed E-state index contributed by atoms with van der Waals surface area (Å²) in [6.07, 6.45) is 2.23. The molecule has 0 fully saturated rings. The summed E-state index contributed by atoms with van der Waals surface area (Å²) in [5.41, 5.74) is 1.26. The first-order valence-electron chi connectivity index (χ1n) is 6.30. The molecule has 2 N–H and O–H groups in total. The van der Waals surface area contributed by atoms with Crippen LogP contribution in [0.15, 0.2) is 30.6 Å². The maximum Gasteiger partial charge on any atom is 0.272 e.